The molecule has 2 rings (SSSR count). The molecule has 1 heterocycles. The van der Waals surface area contributed by atoms with Crippen LogP contribution in [0, 0.1) is 25.5 Å². The molecule has 1 aromatic heterocycles. The zero-order valence-electron chi connectivity index (χ0n) is 12.7. The van der Waals surface area contributed by atoms with Crippen molar-refractivity contribution in [2.24, 2.45) is 0 Å². The van der Waals surface area contributed by atoms with Crippen molar-refractivity contribution in [2.45, 2.75) is 39.7 Å². The van der Waals surface area contributed by atoms with E-state index in [-0.39, 0.29) is 6.04 Å². The van der Waals surface area contributed by atoms with Crippen molar-refractivity contribution in [3.8, 4) is 0 Å². The normalized spacial score (nSPS) is 12.6. The molecular weight excluding hydrogens is 288 g/mol. The predicted octanol–water partition coefficient (Wildman–Crippen LogP) is 4.93. The Morgan fingerprint density at radius 2 is 1.90 bits per heavy atom. The molecular formula is C17H21F2NS. The van der Waals surface area contributed by atoms with Crippen LogP contribution < -0.4 is 5.32 Å². The number of nitrogens with one attached hydrogen (secondary N) is 1. The first-order valence-electron chi connectivity index (χ1n) is 7.25. The van der Waals surface area contributed by atoms with Crippen molar-refractivity contribution in [1.29, 1.82) is 0 Å². The second kappa shape index (κ2) is 7.14. The Morgan fingerprint density at radius 3 is 2.48 bits per heavy atom. The van der Waals surface area contributed by atoms with E-state index in [1.54, 1.807) is 17.4 Å². The Morgan fingerprint density at radius 1 is 1.14 bits per heavy atom. The number of benzene rings is 1. The lowest BCUT2D eigenvalue weighted by atomic mass is 10.0. The van der Waals surface area contributed by atoms with Gasteiger partial charge in [-0.15, -0.1) is 11.3 Å². The molecule has 0 aliphatic heterocycles. The summed E-state index contributed by atoms with van der Waals surface area (Å²) in [5.41, 5.74) is 2.07. The van der Waals surface area contributed by atoms with Gasteiger partial charge in [0.05, 0.1) is 0 Å². The lowest BCUT2D eigenvalue weighted by Crippen LogP contribution is -2.24. The largest absolute Gasteiger partial charge is 0.309 e. The van der Waals surface area contributed by atoms with Gasteiger partial charge in [-0.3, -0.25) is 0 Å². The van der Waals surface area contributed by atoms with Crippen LogP contribution in [0.25, 0.3) is 0 Å². The number of hydrogen-bond acceptors (Lipinski definition) is 2. The van der Waals surface area contributed by atoms with E-state index in [0.29, 0.717) is 6.42 Å². The lowest BCUT2D eigenvalue weighted by molar-refractivity contribution is 0.501. The zero-order chi connectivity index (χ0) is 15.4. The minimum atomic E-state index is -0.792. The summed E-state index contributed by atoms with van der Waals surface area (Å²) in [6, 6.07) is 6.48. The molecule has 0 saturated heterocycles. The highest BCUT2D eigenvalue weighted by atomic mass is 32.1. The van der Waals surface area contributed by atoms with Crippen LogP contribution in [0.4, 0.5) is 8.78 Å². The summed E-state index contributed by atoms with van der Waals surface area (Å²) < 4.78 is 26.4. The zero-order valence-corrected chi connectivity index (χ0v) is 13.5. The van der Waals surface area contributed by atoms with E-state index in [9.17, 15) is 8.78 Å². The predicted molar refractivity (Wildman–Crippen MR) is 84.9 cm³/mol. The average Bonchev–Trinajstić information content (AvgIpc) is 2.77. The molecule has 1 atom stereocenters. The highest BCUT2D eigenvalue weighted by molar-refractivity contribution is 7.12. The first kappa shape index (κ1) is 16.1. The van der Waals surface area contributed by atoms with Gasteiger partial charge in [-0.25, -0.2) is 8.78 Å². The number of rotatable bonds is 6. The third-order valence-corrected chi connectivity index (χ3v) is 4.73. The minimum Gasteiger partial charge on any atom is -0.309 e. The SMILES string of the molecule is CCCNC(Cc1ccc(F)c(F)c1)c1sc(C)cc1C. The highest BCUT2D eigenvalue weighted by Gasteiger charge is 2.17. The minimum absolute atomic E-state index is 0.147. The second-order valence-corrected chi connectivity index (χ2v) is 6.65. The summed E-state index contributed by atoms with van der Waals surface area (Å²) in [5.74, 6) is -1.57. The molecule has 21 heavy (non-hydrogen) atoms. The smallest absolute Gasteiger partial charge is 0.159 e. The summed E-state index contributed by atoms with van der Waals surface area (Å²) in [7, 11) is 0. The monoisotopic (exact) mass is 309 g/mol. The molecule has 1 unspecified atom stereocenters. The maximum absolute atomic E-state index is 13.4. The summed E-state index contributed by atoms with van der Waals surface area (Å²) in [4.78, 5) is 2.56. The van der Waals surface area contributed by atoms with Crippen molar-refractivity contribution in [1.82, 2.24) is 5.32 Å². The summed E-state index contributed by atoms with van der Waals surface area (Å²) >= 11 is 1.77. The second-order valence-electron chi connectivity index (χ2n) is 5.36. The van der Waals surface area contributed by atoms with Crippen LogP contribution >= 0.6 is 11.3 Å². The molecule has 1 nitrogen and oxygen atoms in total. The summed E-state index contributed by atoms with van der Waals surface area (Å²) in [5, 5.41) is 3.52. The van der Waals surface area contributed by atoms with Crippen LogP contribution in [0.5, 0.6) is 0 Å². The van der Waals surface area contributed by atoms with Gasteiger partial charge in [0.2, 0.25) is 0 Å². The molecule has 0 aliphatic rings. The van der Waals surface area contributed by atoms with Gasteiger partial charge < -0.3 is 5.32 Å². The molecule has 0 radical (unpaired) electrons. The van der Waals surface area contributed by atoms with Crippen molar-refractivity contribution in [3.63, 3.8) is 0 Å². The molecule has 0 spiro atoms. The molecule has 114 valence electrons. The van der Waals surface area contributed by atoms with Gasteiger partial charge in [0.15, 0.2) is 11.6 Å². The fraction of sp³-hybridized carbons (Fsp3) is 0.412. The van der Waals surface area contributed by atoms with Crippen LogP contribution in [0.1, 0.15) is 40.3 Å². The van der Waals surface area contributed by atoms with Crippen molar-refractivity contribution >= 4 is 11.3 Å². The third-order valence-electron chi connectivity index (χ3n) is 3.46. The molecule has 4 heteroatoms. The number of aryl methyl sites for hydroxylation is 2. The molecule has 2 aromatic rings. The van der Waals surface area contributed by atoms with Gasteiger partial charge in [0.25, 0.3) is 0 Å². The maximum atomic E-state index is 13.4. The molecule has 1 N–H and O–H groups in total. The third kappa shape index (κ3) is 4.11. The molecule has 0 amide bonds. The van der Waals surface area contributed by atoms with E-state index in [4.69, 9.17) is 0 Å². The first-order chi connectivity index (χ1) is 10.0. The number of halogens is 2. The van der Waals surface area contributed by atoms with Gasteiger partial charge in [0.1, 0.15) is 0 Å². The first-order valence-corrected chi connectivity index (χ1v) is 8.07. The Hall–Kier alpha value is -1.26. The lowest BCUT2D eigenvalue weighted by Gasteiger charge is -2.18. The Balaban J connectivity index is 2.23. The van der Waals surface area contributed by atoms with Gasteiger partial charge in [0, 0.05) is 15.8 Å². The Kier molecular flexibility index (Phi) is 5.48. The van der Waals surface area contributed by atoms with Crippen LogP contribution in [0.3, 0.4) is 0 Å². The van der Waals surface area contributed by atoms with Gasteiger partial charge >= 0.3 is 0 Å². The quantitative estimate of drug-likeness (QED) is 0.798. The Labute approximate surface area is 129 Å². The molecule has 0 fully saturated rings. The highest BCUT2D eigenvalue weighted by Crippen LogP contribution is 2.30. The van der Waals surface area contributed by atoms with Crippen LogP contribution in [-0.4, -0.2) is 6.54 Å². The van der Waals surface area contributed by atoms with Crippen LogP contribution in [-0.2, 0) is 6.42 Å². The average molecular weight is 309 g/mol. The van der Waals surface area contributed by atoms with E-state index in [1.807, 2.05) is 0 Å². The van der Waals surface area contributed by atoms with E-state index in [0.717, 1.165) is 18.5 Å². The standard InChI is InChI=1S/C17H21F2NS/c1-4-7-20-16(17-11(2)8-12(3)21-17)10-13-5-6-14(18)15(19)9-13/h5-6,8-9,16,20H,4,7,10H2,1-3H3. The fourth-order valence-electron chi connectivity index (χ4n) is 2.48. The van der Waals surface area contributed by atoms with Gasteiger partial charge in [-0.2, -0.15) is 0 Å². The maximum Gasteiger partial charge on any atom is 0.159 e. The summed E-state index contributed by atoms with van der Waals surface area (Å²) in [6.45, 7) is 7.22. The molecule has 1 aromatic carbocycles. The van der Waals surface area contributed by atoms with Crippen LogP contribution in [0.2, 0.25) is 0 Å². The molecule has 0 saturated carbocycles. The van der Waals surface area contributed by atoms with E-state index < -0.39 is 11.6 Å². The fourth-order valence-corrected chi connectivity index (χ4v) is 3.60. The van der Waals surface area contributed by atoms with Gasteiger partial charge in [-0.05, 0) is 62.6 Å². The van der Waals surface area contributed by atoms with E-state index in [1.165, 1.54) is 27.5 Å². The van der Waals surface area contributed by atoms with Gasteiger partial charge in [-0.1, -0.05) is 13.0 Å². The van der Waals surface area contributed by atoms with Crippen molar-refractivity contribution in [2.75, 3.05) is 6.54 Å². The topological polar surface area (TPSA) is 12.0 Å². The number of thiophene rings is 1. The summed E-state index contributed by atoms with van der Waals surface area (Å²) in [6.07, 6.45) is 1.70. The Bertz CT molecular complexity index is 607. The molecule has 0 aliphatic carbocycles. The number of hydrogen-bond donors (Lipinski definition) is 1. The van der Waals surface area contributed by atoms with Crippen LogP contribution in [0.15, 0.2) is 24.3 Å². The van der Waals surface area contributed by atoms with E-state index >= 15 is 0 Å². The van der Waals surface area contributed by atoms with Crippen molar-refractivity contribution in [3.05, 3.63) is 56.8 Å². The van der Waals surface area contributed by atoms with E-state index in [2.05, 4.69) is 32.2 Å². The molecule has 0 bridgehead atoms. The van der Waals surface area contributed by atoms with Crippen molar-refractivity contribution < 1.29 is 8.78 Å².